The van der Waals surface area contributed by atoms with Gasteiger partial charge in [-0.1, -0.05) is 19.1 Å². The fourth-order valence-electron chi connectivity index (χ4n) is 1.26. The average Bonchev–Trinajstić information content (AvgIpc) is 2.45. The first-order valence-corrected chi connectivity index (χ1v) is 5.96. The summed E-state index contributed by atoms with van der Waals surface area (Å²) >= 11 is 0. The Labute approximate surface area is 111 Å². The zero-order chi connectivity index (χ0) is 14.1. The number of likely N-dealkylation sites (N-methyl/N-ethyl adjacent to an activating group) is 1. The molecule has 0 aliphatic rings. The van der Waals surface area contributed by atoms with Crippen LogP contribution in [-0.2, 0) is 9.59 Å². The number of nitrogens with one attached hydrogen (secondary N) is 2. The number of carbonyl (C=O) groups is 2. The highest BCUT2D eigenvalue weighted by Gasteiger charge is 2.09. The van der Waals surface area contributed by atoms with Gasteiger partial charge in [-0.05, 0) is 18.6 Å². The van der Waals surface area contributed by atoms with Crippen molar-refractivity contribution in [2.75, 3.05) is 13.7 Å². The van der Waals surface area contributed by atoms with Gasteiger partial charge in [-0.3, -0.25) is 9.59 Å². The second kappa shape index (κ2) is 7.86. The Bertz CT molecular complexity index is 472. The SMILES string of the molecule is CCCOc1ccccc1/C=N\NC(=O)C(=O)NC. The normalized spacial score (nSPS) is 10.2. The van der Waals surface area contributed by atoms with E-state index in [1.54, 1.807) is 6.07 Å². The second-order valence-corrected chi connectivity index (χ2v) is 3.66. The van der Waals surface area contributed by atoms with E-state index in [4.69, 9.17) is 4.74 Å². The average molecular weight is 263 g/mol. The van der Waals surface area contributed by atoms with Crippen molar-refractivity contribution >= 4 is 18.0 Å². The van der Waals surface area contributed by atoms with Gasteiger partial charge in [0.25, 0.3) is 0 Å². The lowest BCUT2D eigenvalue weighted by Gasteiger charge is -2.07. The van der Waals surface area contributed by atoms with E-state index >= 15 is 0 Å². The summed E-state index contributed by atoms with van der Waals surface area (Å²) in [5.41, 5.74) is 2.86. The van der Waals surface area contributed by atoms with E-state index in [9.17, 15) is 9.59 Å². The summed E-state index contributed by atoms with van der Waals surface area (Å²) in [6, 6.07) is 7.31. The largest absolute Gasteiger partial charge is 0.493 e. The fourth-order valence-corrected chi connectivity index (χ4v) is 1.26. The summed E-state index contributed by atoms with van der Waals surface area (Å²) in [5, 5.41) is 5.92. The Balaban J connectivity index is 2.65. The minimum absolute atomic E-state index is 0.607. The highest BCUT2D eigenvalue weighted by molar-refractivity contribution is 6.34. The molecule has 0 saturated heterocycles. The lowest BCUT2D eigenvalue weighted by atomic mass is 10.2. The maximum Gasteiger partial charge on any atom is 0.329 e. The lowest BCUT2D eigenvalue weighted by molar-refractivity contribution is -0.138. The van der Waals surface area contributed by atoms with Crippen LogP contribution in [0.15, 0.2) is 29.4 Å². The first kappa shape index (κ1) is 14.7. The number of carbonyl (C=O) groups excluding carboxylic acids is 2. The molecule has 0 spiro atoms. The van der Waals surface area contributed by atoms with Gasteiger partial charge < -0.3 is 10.1 Å². The fraction of sp³-hybridized carbons (Fsp3) is 0.308. The van der Waals surface area contributed by atoms with Crippen LogP contribution in [0.3, 0.4) is 0 Å². The predicted molar refractivity (Wildman–Crippen MR) is 72.0 cm³/mol. The van der Waals surface area contributed by atoms with Crippen LogP contribution in [0.5, 0.6) is 5.75 Å². The molecule has 6 nitrogen and oxygen atoms in total. The predicted octanol–water partition coefficient (Wildman–Crippen LogP) is 0.671. The van der Waals surface area contributed by atoms with Crippen molar-refractivity contribution in [3.05, 3.63) is 29.8 Å². The maximum absolute atomic E-state index is 11.2. The number of hydrogen-bond donors (Lipinski definition) is 2. The number of hydrazone groups is 1. The van der Waals surface area contributed by atoms with Gasteiger partial charge in [0.15, 0.2) is 0 Å². The van der Waals surface area contributed by atoms with Gasteiger partial charge in [-0.2, -0.15) is 5.10 Å². The molecule has 0 saturated carbocycles. The van der Waals surface area contributed by atoms with Gasteiger partial charge in [0, 0.05) is 12.6 Å². The number of rotatable bonds is 5. The number of amides is 2. The Morgan fingerprint density at radius 1 is 1.32 bits per heavy atom. The molecule has 0 aliphatic carbocycles. The first-order chi connectivity index (χ1) is 9.19. The molecule has 0 bridgehead atoms. The monoisotopic (exact) mass is 263 g/mol. The molecule has 0 fully saturated rings. The maximum atomic E-state index is 11.2. The van der Waals surface area contributed by atoms with Crippen LogP contribution in [0, 0.1) is 0 Å². The van der Waals surface area contributed by atoms with E-state index in [-0.39, 0.29) is 0 Å². The van der Waals surface area contributed by atoms with Gasteiger partial charge in [0.05, 0.1) is 12.8 Å². The summed E-state index contributed by atoms with van der Waals surface area (Å²) in [4.78, 5) is 22.1. The molecule has 2 N–H and O–H groups in total. The molecular formula is C13H17N3O3. The Morgan fingerprint density at radius 2 is 2.05 bits per heavy atom. The molecule has 0 aromatic heterocycles. The molecule has 0 atom stereocenters. The van der Waals surface area contributed by atoms with Crippen LogP contribution in [-0.4, -0.2) is 31.7 Å². The quantitative estimate of drug-likeness (QED) is 0.465. The van der Waals surface area contributed by atoms with Crippen molar-refractivity contribution in [3.63, 3.8) is 0 Å². The van der Waals surface area contributed by atoms with Gasteiger partial charge in [0.2, 0.25) is 0 Å². The van der Waals surface area contributed by atoms with Crippen molar-refractivity contribution in [2.45, 2.75) is 13.3 Å². The van der Waals surface area contributed by atoms with Gasteiger partial charge >= 0.3 is 11.8 Å². The zero-order valence-electron chi connectivity index (χ0n) is 11.0. The molecule has 0 unspecified atom stereocenters. The first-order valence-electron chi connectivity index (χ1n) is 5.96. The summed E-state index contributed by atoms with van der Waals surface area (Å²) in [7, 11) is 1.37. The highest BCUT2D eigenvalue weighted by Crippen LogP contribution is 2.15. The van der Waals surface area contributed by atoms with Crippen molar-refractivity contribution in [1.29, 1.82) is 0 Å². The lowest BCUT2D eigenvalue weighted by Crippen LogP contribution is -2.35. The minimum atomic E-state index is -0.814. The Kier molecular flexibility index (Phi) is 6.08. The third-order valence-corrected chi connectivity index (χ3v) is 2.18. The van der Waals surface area contributed by atoms with E-state index in [0.717, 1.165) is 12.0 Å². The molecule has 1 aromatic carbocycles. The molecule has 0 radical (unpaired) electrons. The molecule has 102 valence electrons. The summed E-state index contributed by atoms with van der Waals surface area (Å²) in [5.74, 6) is -0.874. The summed E-state index contributed by atoms with van der Waals surface area (Å²) < 4.78 is 5.53. The third kappa shape index (κ3) is 4.79. The number of nitrogens with zero attached hydrogens (tertiary/aromatic N) is 1. The summed E-state index contributed by atoms with van der Waals surface area (Å²) in [6.45, 7) is 2.62. The van der Waals surface area contributed by atoms with Gasteiger partial charge in [-0.25, -0.2) is 5.43 Å². The van der Waals surface area contributed by atoms with E-state index < -0.39 is 11.8 Å². The van der Waals surface area contributed by atoms with Crippen LogP contribution in [0.4, 0.5) is 0 Å². The number of hydrogen-bond acceptors (Lipinski definition) is 4. The number of para-hydroxylation sites is 1. The third-order valence-electron chi connectivity index (χ3n) is 2.18. The molecule has 0 aliphatic heterocycles. The molecule has 6 heteroatoms. The molecule has 1 rings (SSSR count). The van der Waals surface area contributed by atoms with Crippen molar-refractivity contribution in [1.82, 2.24) is 10.7 Å². The standard InChI is InChI=1S/C13H17N3O3/c1-3-8-19-11-7-5-4-6-10(11)9-15-16-13(18)12(17)14-2/h4-7,9H,3,8H2,1-2H3,(H,14,17)(H,16,18)/b15-9-. The number of ether oxygens (including phenoxy) is 1. The van der Waals surface area contributed by atoms with Crippen molar-refractivity contribution < 1.29 is 14.3 Å². The highest BCUT2D eigenvalue weighted by atomic mass is 16.5. The van der Waals surface area contributed by atoms with Crippen LogP contribution in [0.25, 0.3) is 0 Å². The van der Waals surface area contributed by atoms with Crippen LogP contribution in [0.1, 0.15) is 18.9 Å². The van der Waals surface area contributed by atoms with Crippen molar-refractivity contribution in [3.8, 4) is 5.75 Å². The topological polar surface area (TPSA) is 79.8 Å². The Morgan fingerprint density at radius 3 is 2.74 bits per heavy atom. The van der Waals surface area contributed by atoms with Crippen LogP contribution in [0.2, 0.25) is 0 Å². The molecule has 19 heavy (non-hydrogen) atoms. The molecule has 1 aromatic rings. The molecular weight excluding hydrogens is 246 g/mol. The Hall–Kier alpha value is -2.37. The van der Waals surface area contributed by atoms with Crippen molar-refractivity contribution in [2.24, 2.45) is 5.10 Å². The minimum Gasteiger partial charge on any atom is -0.493 e. The smallest absolute Gasteiger partial charge is 0.329 e. The molecule has 2 amide bonds. The van der Waals surface area contributed by atoms with E-state index in [2.05, 4.69) is 15.8 Å². The zero-order valence-corrected chi connectivity index (χ0v) is 11.0. The van der Waals surface area contributed by atoms with Crippen LogP contribution < -0.4 is 15.5 Å². The van der Waals surface area contributed by atoms with E-state index in [1.807, 2.05) is 25.1 Å². The van der Waals surface area contributed by atoms with Gasteiger partial charge in [-0.15, -0.1) is 0 Å². The number of benzene rings is 1. The summed E-state index contributed by atoms with van der Waals surface area (Å²) in [6.07, 6.45) is 2.34. The van der Waals surface area contributed by atoms with E-state index in [1.165, 1.54) is 13.3 Å². The van der Waals surface area contributed by atoms with Gasteiger partial charge in [0.1, 0.15) is 5.75 Å². The van der Waals surface area contributed by atoms with Crippen LogP contribution >= 0.6 is 0 Å². The molecule has 0 heterocycles. The second-order valence-electron chi connectivity index (χ2n) is 3.66. The van der Waals surface area contributed by atoms with E-state index in [0.29, 0.717) is 12.4 Å².